The van der Waals surface area contributed by atoms with Crippen molar-refractivity contribution in [3.63, 3.8) is 0 Å². The van der Waals surface area contributed by atoms with E-state index in [-0.39, 0.29) is 0 Å². The fourth-order valence-corrected chi connectivity index (χ4v) is 2.60. The lowest BCUT2D eigenvalue weighted by Crippen LogP contribution is -2.36. The van der Waals surface area contributed by atoms with Gasteiger partial charge in [-0.2, -0.15) is 0 Å². The van der Waals surface area contributed by atoms with Gasteiger partial charge >= 0.3 is 0 Å². The van der Waals surface area contributed by atoms with Crippen molar-refractivity contribution < 1.29 is 0 Å². The molecule has 2 rings (SSSR count). The summed E-state index contributed by atoms with van der Waals surface area (Å²) < 4.78 is 0. The van der Waals surface area contributed by atoms with E-state index >= 15 is 0 Å². The summed E-state index contributed by atoms with van der Waals surface area (Å²) in [5, 5.41) is 4.31. The van der Waals surface area contributed by atoms with Crippen molar-refractivity contribution in [2.45, 2.75) is 31.8 Å². The topological polar surface area (TPSA) is 28.2 Å². The van der Waals surface area contributed by atoms with Gasteiger partial charge in [0.15, 0.2) is 5.13 Å². The lowest BCUT2D eigenvalue weighted by atomic mass is 9.92. The Morgan fingerprint density at radius 2 is 2.43 bits per heavy atom. The third kappa shape index (κ3) is 1.91. The predicted octanol–water partition coefficient (Wildman–Crippen LogP) is 1.85. The predicted molar refractivity (Wildman–Crippen MR) is 60.9 cm³/mol. The molecule has 0 unspecified atom stereocenters. The Morgan fingerprint density at radius 1 is 1.64 bits per heavy atom. The molecule has 1 N–H and O–H groups in total. The minimum absolute atomic E-state index is 0.739. The largest absolute Gasteiger partial charge is 0.348 e. The highest BCUT2D eigenvalue weighted by Gasteiger charge is 2.23. The summed E-state index contributed by atoms with van der Waals surface area (Å²) >= 11 is 1.80. The van der Waals surface area contributed by atoms with Crippen LogP contribution in [0.4, 0.5) is 5.13 Å². The van der Waals surface area contributed by atoms with E-state index in [9.17, 15) is 0 Å². The summed E-state index contributed by atoms with van der Waals surface area (Å²) in [5.74, 6) is 0. The number of nitrogens with one attached hydrogen (secondary N) is 1. The van der Waals surface area contributed by atoms with Gasteiger partial charge in [-0.1, -0.05) is 0 Å². The van der Waals surface area contributed by atoms with Gasteiger partial charge in [-0.3, -0.25) is 0 Å². The molecule has 0 atom stereocenters. The van der Waals surface area contributed by atoms with E-state index in [2.05, 4.69) is 22.2 Å². The van der Waals surface area contributed by atoms with E-state index in [4.69, 9.17) is 0 Å². The second-order valence-corrected chi connectivity index (χ2v) is 4.93. The van der Waals surface area contributed by atoms with Crippen LogP contribution in [0.15, 0.2) is 6.20 Å². The number of aromatic nitrogens is 1. The third-order valence-corrected chi connectivity index (χ3v) is 3.90. The number of thiazole rings is 1. The van der Waals surface area contributed by atoms with Gasteiger partial charge in [0.1, 0.15) is 0 Å². The Morgan fingerprint density at radius 3 is 3.00 bits per heavy atom. The second-order valence-electron chi connectivity index (χ2n) is 3.84. The van der Waals surface area contributed by atoms with Crippen molar-refractivity contribution in [3.05, 3.63) is 11.1 Å². The van der Waals surface area contributed by atoms with Crippen LogP contribution in [0.5, 0.6) is 0 Å². The normalized spacial score (nSPS) is 16.7. The molecule has 1 saturated carbocycles. The number of anilines is 1. The number of hydrogen-bond donors (Lipinski definition) is 1. The van der Waals surface area contributed by atoms with Gasteiger partial charge in [0, 0.05) is 30.7 Å². The highest BCUT2D eigenvalue weighted by molar-refractivity contribution is 7.15. The average Bonchev–Trinajstić information content (AvgIpc) is 2.50. The van der Waals surface area contributed by atoms with Crippen molar-refractivity contribution >= 4 is 16.5 Å². The molecule has 1 heterocycles. The van der Waals surface area contributed by atoms with Crippen LogP contribution in [-0.2, 0) is 6.54 Å². The molecular formula is C10H17N3S. The highest BCUT2D eigenvalue weighted by Crippen LogP contribution is 2.30. The van der Waals surface area contributed by atoms with Crippen LogP contribution in [0.25, 0.3) is 0 Å². The molecule has 78 valence electrons. The maximum atomic E-state index is 4.44. The fourth-order valence-electron chi connectivity index (χ4n) is 1.65. The first-order chi connectivity index (χ1) is 6.81. The Hall–Kier alpha value is -0.610. The van der Waals surface area contributed by atoms with Crippen LogP contribution in [0.3, 0.4) is 0 Å². The molecular weight excluding hydrogens is 194 g/mol. The Bertz CT molecular complexity index is 293. The molecule has 1 aromatic heterocycles. The van der Waals surface area contributed by atoms with Gasteiger partial charge in [0.05, 0.1) is 0 Å². The summed E-state index contributed by atoms with van der Waals surface area (Å²) in [4.78, 5) is 8.08. The molecule has 4 heteroatoms. The van der Waals surface area contributed by atoms with E-state index in [1.54, 1.807) is 11.3 Å². The van der Waals surface area contributed by atoms with Crippen LogP contribution < -0.4 is 10.2 Å². The molecule has 0 amide bonds. The molecule has 3 nitrogen and oxygen atoms in total. The van der Waals surface area contributed by atoms with Crippen LogP contribution in [0, 0.1) is 0 Å². The Balaban J connectivity index is 2.00. The first-order valence-electron chi connectivity index (χ1n) is 5.13. The lowest BCUT2D eigenvalue weighted by molar-refractivity contribution is 0.401. The second kappa shape index (κ2) is 4.28. The molecule has 1 aromatic rings. The standard InChI is InChI=1S/C10H17N3S/c1-11-6-9-7-12-10(14-9)13(2)8-4-3-5-8/h7-8,11H,3-6H2,1-2H3. The van der Waals surface area contributed by atoms with Crippen LogP contribution >= 0.6 is 11.3 Å². The van der Waals surface area contributed by atoms with Gasteiger partial charge in [0.25, 0.3) is 0 Å². The molecule has 0 bridgehead atoms. The molecule has 0 spiro atoms. The summed E-state index contributed by atoms with van der Waals surface area (Å²) in [6, 6.07) is 0.739. The molecule has 1 aliphatic rings. The zero-order valence-corrected chi connectivity index (χ0v) is 9.60. The molecule has 1 aliphatic carbocycles. The zero-order chi connectivity index (χ0) is 9.97. The van der Waals surface area contributed by atoms with Gasteiger partial charge < -0.3 is 10.2 Å². The van der Waals surface area contributed by atoms with E-state index in [1.807, 2.05) is 13.2 Å². The number of hydrogen-bond acceptors (Lipinski definition) is 4. The van der Waals surface area contributed by atoms with Gasteiger partial charge in [-0.25, -0.2) is 4.98 Å². The third-order valence-electron chi connectivity index (χ3n) is 2.82. The minimum atomic E-state index is 0.739. The van der Waals surface area contributed by atoms with E-state index in [0.717, 1.165) is 12.6 Å². The fraction of sp³-hybridized carbons (Fsp3) is 0.700. The molecule has 0 radical (unpaired) electrons. The lowest BCUT2D eigenvalue weighted by Gasteiger charge is -2.34. The maximum absolute atomic E-state index is 4.44. The maximum Gasteiger partial charge on any atom is 0.185 e. The first-order valence-corrected chi connectivity index (χ1v) is 5.95. The van der Waals surface area contributed by atoms with Crippen molar-refractivity contribution in [3.8, 4) is 0 Å². The molecule has 0 aromatic carbocycles. The number of rotatable bonds is 4. The molecule has 14 heavy (non-hydrogen) atoms. The minimum Gasteiger partial charge on any atom is -0.348 e. The van der Waals surface area contributed by atoms with Crippen LogP contribution in [0.1, 0.15) is 24.1 Å². The smallest absolute Gasteiger partial charge is 0.185 e. The van der Waals surface area contributed by atoms with Gasteiger partial charge in [0.2, 0.25) is 0 Å². The van der Waals surface area contributed by atoms with Crippen molar-refractivity contribution in [1.29, 1.82) is 0 Å². The summed E-state index contributed by atoms with van der Waals surface area (Å²) in [6.45, 7) is 0.927. The summed E-state index contributed by atoms with van der Waals surface area (Å²) in [7, 11) is 4.13. The van der Waals surface area contributed by atoms with Gasteiger partial charge in [-0.05, 0) is 26.3 Å². The quantitative estimate of drug-likeness (QED) is 0.824. The van der Waals surface area contributed by atoms with Crippen molar-refractivity contribution in [2.24, 2.45) is 0 Å². The first kappa shape index (κ1) is 9.93. The molecule has 0 aliphatic heterocycles. The van der Waals surface area contributed by atoms with Crippen molar-refractivity contribution in [1.82, 2.24) is 10.3 Å². The van der Waals surface area contributed by atoms with E-state index in [1.165, 1.54) is 29.3 Å². The number of nitrogens with zero attached hydrogens (tertiary/aromatic N) is 2. The summed E-state index contributed by atoms with van der Waals surface area (Å²) in [5.41, 5.74) is 0. The Labute approximate surface area is 89.1 Å². The molecule has 0 saturated heterocycles. The molecule has 1 fully saturated rings. The van der Waals surface area contributed by atoms with E-state index < -0.39 is 0 Å². The van der Waals surface area contributed by atoms with Crippen LogP contribution in [0.2, 0.25) is 0 Å². The van der Waals surface area contributed by atoms with Crippen molar-refractivity contribution in [2.75, 3.05) is 19.0 Å². The SMILES string of the molecule is CNCc1cnc(N(C)C2CCC2)s1. The van der Waals surface area contributed by atoms with E-state index in [0.29, 0.717) is 0 Å². The monoisotopic (exact) mass is 211 g/mol. The summed E-state index contributed by atoms with van der Waals surface area (Å²) in [6.07, 6.45) is 6.02. The highest BCUT2D eigenvalue weighted by atomic mass is 32.1. The Kier molecular flexibility index (Phi) is 3.03. The van der Waals surface area contributed by atoms with Crippen LogP contribution in [-0.4, -0.2) is 25.1 Å². The van der Waals surface area contributed by atoms with Gasteiger partial charge in [-0.15, -0.1) is 11.3 Å². The average molecular weight is 211 g/mol. The zero-order valence-electron chi connectivity index (χ0n) is 8.79.